The van der Waals surface area contributed by atoms with E-state index in [1.165, 1.54) is 0 Å². The highest BCUT2D eigenvalue weighted by Crippen LogP contribution is 1.89. The summed E-state index contributed by atoms with van der Waals surface area (Å²) in [5.41, 5.74) is 0. The number of hydrogen-bond acceptors (Lipinski definition) is 2. The molecule has 0 bridgehead atoms. The van der Waals surface area contributed by atoms with Gasteiger partial charge in [-0.2, -0.15) is 0 Å². The van der Waals surface area contributed by atoms with Crippen molar-refractivity contribution in [3.05, 3.63) is 36.4 Å². The Balaban J connectivity index is 0.000000202. The van der Waals surface area contributed by atoms with Gasteiger partial charge in [-0.15, -0.1) is 0 Å². The van der Waals surface area contributed by atoms with Crippen LogP contribution >= 0.6 is 0 Å². The van der Waals surface area contributed by atoms with E-state index in [-0.39, 0.29) is 6.10 Å². The first-order valence-corrected chi connectivity index (χ1v) is 4.11. The maximum absolute atomic E-state index is 7.83. The van der Waals surface area contributed by atoms with Crippen molar-refractivity contribution in [1.29, 1.82) is 0 Å². The van der Waals surface area contributed by atoms with Crippen LogP contribution in [0.5, 0.6) is 0 Å². The molecule has 1 unspecified atom stereocenters. The second-order valence-electron chi connectivity index (χ2n) is 2.48. The second-order valence-corrected chi connectivity index (χ2v) is 2.48. The molecule has 1 atom stereocenters. The zero-order valence-electron chi connectivity index (χ0n) is 7.60. The summed E-state index contributed by atoms with van der Waals surface area (Å²) in [5, 5.41) is 7.83. The molecular formula is C10H16O2. The van der Waals surface area contributed by atoms with E-state index in [2.05, 4.69) is 4.89 Å². The van der Waals surface area contributed by atoms with E-state index >= 15 is 0 Å². The largest absolute Gasteiger partial charge is 0.252 e. The molecule has 0 fully saturated rings. The van der Waals surface area contributed by atoms with Crippen LogP contribution in [0.15, 0.2) is 36.4 Å². The molecular weight excluding hydrogens is 152 g/mol. The summed E-state index contributed by atoms with van der Waals surface area (Å²) >= 11 is 0. The first-order valence-electron chi connectivity index (χ1n) is 4.11. The van der Waals surface area contributed by atoms with Crippen molar-refractivity contribution in [2.75, 3.05) is 0 Å². The third-order valence-corrected chi connectivity index (χ3v) is 1.42. The Morgan fingerprint density at radius 1 is 1.08 bits per heavy atom. The second kappa shape index (κ2) is 8.24. The Kier molecular flexibility index (Phi) is 7.65. The predicted molar refractivity (Wildman–Crippen MR) is 49.9 cm³/mol. The Labute approximate surface area is 73.7 Å². The van der Waals surface area contributed by atoms with Gasteiger partial charge in [0.2, 0.25) is 0 Å². The summed E-state index contributed by atoms with van der Waals surface area (Å²) in [4.78, 5) is 3.90. The van der Waals surface area contributed by atoms with Gasteiger partial charge in [-0.25, -0.2) is 4.89 Å². The van der Waals surface area contributed by atoms with Crippen molar-refractivity contribution in [3.8, 4) is 0 Å². The third kappa shape index (κ3) is 7.25. The van der Waals surface area contributed by atoms with Crippen molar-refractivity contribution >= 4 is 0 Å². The fourth-order valence-electron chi connectivity index (χ4n) is 0.459. The summed E-state index contributed by atoms with van der Waals surface area (Å²) in [6.45, 7) is 3.75. The molecule has 2 nitrogen and oxygen atoms in total. The Morgan fingerprint density at radius 2 is 1.42 bits per heavy atom. The summed E-state index contributed by atoms with van der Waals surface area (Å²) < 4.78 is 0. The van der Waals surface area contributed by atoms with Crippen LogP contribution in [0.3, 0.4) is 0 Å². The molecule has 0 aliphatic carbocycles. The van der Waals surface area contributed by atoms with Gasteiger partial charge < -0.3 is 0 Å². The Bertz CT molecular complexity index is 132. The van der Waals surface area contributed by atoms with Gasteiger partial charge in [-0.05, 0) is 13.3 Å². The minimum atomic E-state index is -0.00926. The first kappa shape index (κ1) is 11.1. The van der Waals surface area contributed by atoms with Gasteiger partial charge in [-0.1, -0.05) is 43.3 Å². The van der Waals surface area contributed by atoms with Crippen molar-refractivity contribution in [1.82, 2.24) is 0 Å². The van der Waals surface area contributed by atoms with E-state index in [4.69, 9.17) is 5.26 Å². The molecule has 0 saturated carbocycles. The molecule has 1 aromatic carbocycles. The fourth-order valence-corrected chi connectivity index (χ4v) is 0.459. The molecule has 0 radical (unpaired) electrons. The van der Waals surface area contributed by atoms with Crippen LogP contribution < -0.4 is 0 Å². The van der Waals surface area contributed by atoms with E-state index < -0.39 is 0 Å². The van der Waals surface area contributed by atoms with Gasteiger partial charge in [0.05, 0.1) is 6.10 Å². The maximum Gasteiger partial charge on any atom is 0.0896 e. The van der Waals surface area contributed by atoms with Crippen LogP contribution in [-0.2, 0) is 4.89 Å². The smallest absolute Gasteiger partial charge is 0.0896 e. The molecule has 0 aliphatic heterocycles. The van der Waals surface area contributed by atoms with Gasteiger partial charge in [0.15, 0.2) is 0 Å². The van der Waals surface area contributed by atoms with Crippen LogP contribution in [0.4, 0.5) is 0 Å². The lowest BCUT2D eigenvalue weighted by atomic mass is 10.3. The van der Waals surface area contributed by atoms with Gasteiger partial charge in [-0.3, -0.25) is 5.26 Å². The van der Waals surface area contributed by atoms with Crippen molar-refractivity contribution in [3.63, 3.8) is 0 Å². The molecule has 0 amide bonds. The standard InChI is InChI=1S/C6H6.C4H10O2/c1-2-4-6-5-3-1;1-3-4(2)6-5/h1-6H;4-5H,3H2,1-2H3. The molecule has 1 aromatic rings. The van der Waals surface area contributed by atoms with Crippen LogP contribution in [0.1, 0.15) is 20.3 Å². The molecule has 0 heterocycles. The number of rotatable bonds is 2. The van der Waals surface area contributed by atoms with Crippen molar-refractivity contribution < 1.29 is 10.1 Å². The SMILES string of the molecule is CCC(C)OO.c1ccccc1. The average molecular weight is 168 g/mol. The maximum atomic E-state index is 7.83. The van der Waals surface area contributed by atoms with Gasteiger partial charge in [0.25, 0.3) is 0 Å². The van der Waals surface area contributed by atoms with E-state index in [0.29, 0.717) is 0 Å². The fraction of sp³-hybridized carbons (Fsp3) is 0.400. The molecule has 0 saturated heterocycles. The summed E-state index contributed by atoms with van der Waals surface area (Å²) in [6, 6.07) is 12.0. The van der Waals surface area contributed by atoms with Crippen LogP contribution in [0, 0.1) is 0 Å². The lowest BCUT2D eigenvalue weighted by Crippen LogP contribution is -2.00. The van der Waals surface area contributed by atoms with Crippen molar-refractivity contribution in [2.45, 2.75) is 26.4 Å². The Hall–Kier alpha value is -0.860. The third-order valence-electron chi connectivity index (χ3n) is 1.42. The zero-order valence-corrected chi connectivity index (χ0v) is 7.60. The highest BCUT2D eigenvalue weighted by molar-refractivity contribution is 4.99. The number of benzene rings is 1. The van der Waals surface area contributed by atoms with Crippen LogP contribution in [-0.4, -0.2) is 11.4 Å². The first-order chi connectivity index (χ1) is 5.81. The van der Waals surface area contributed by atoms with Gasteiger partial charge in [0, 0.05) is 0 Å². The van der Waals surface area contributed by atoms with Gasteiger partial charge in [0.1, 0.15) is 0 Å². The lowest BCUT2D eigenvalue weighted by Gasteiger charge is -1.98. The van der Waals surface area contributed by atoms with Crippen LogP contribution in [0.25, 0.3) is 0 Å². The molecule has 0 spiro atoms. The molecule has 68 valence electrons. The minimum Gasteiger partial charge on any atom is -0.252 e. The summed E-state index contributed by atoms with van der Waals surface area (Å²) in [7, 11) is 0. The van der Waals surface area contributed by atoms with E-state index in [0.717, 1.165) is 6.42 Å². The molecule has 2 heteroatoms. The normalized spacial score (nSPS) is 11.2. The van der Waals surface area contributed by atoms with Crippen molar-refractivity contribution in [2.24, 2.45) is 0 Å². The monoisotopic (exact) mass is 168 g/mol. The topological polar surface area (TPSA) is 29.5 Å². The average Bonchev–Trinajstić information content (AvgIpc) is 2.20. The highest BCUT2D eigenvalue weighted by atomic mass is 17.1. The molecule has 0 aliphatic rings. The van der Waals surface area contributed by atoms with Gasteiger partial charge >= 0.3 is 0 Å². The molecule has 1 N–H and O–H groups in total. The summed E-state index contributed by atoms with van der Waals surface area (Å²) in [6.07, 6.45) is 0.848. The minimum absolute atomic E-state index is 0.00926. The highest BCUT2D eigenvalue weighted by Gasteiger charge is 1.91. The Morgan fingerprint density at radius 3 is 1.50 bits per heavy atom. The zero-order chi connectivity index (χ0) is 9.23. The molecule has 0 aromatic heterocycles. The molecule has 12 heavy (non-hydrogen) atoms. The van der Waals surface area contributed by atoms with E-state index in [1.54, 1.807) is 6.92 Å². The van der Waals surface area contributed by atoms with Crippen LogP contribution in [0.2, 0.25) is 0 Å². The van der Waals surface area contributed by atoms with E-state index in [9.17, 15) is 0 Å². The lowest BCUT2D eigenvalue weighted by molar-refractivity contribution is -0.274. The molecule has 1 rings (SSSR count). The van der Waals surface area contributed by atoms with E-state index in [1.807, 2.05) is 43.3 Å². The predicted octanol–water partition coefficient (Wildman–Crippen LogP) is 2.96. The summed E-state index contributed by atoms with van der Waals surface area (Å²) in [5.74, 6) is 0. The quantitative estimate of drug-likeness (QED) is 0.543. The number of hydrogen-bond donors (Lipinski definition) is 1.